The van der Waals surface area contributed by atoms with Gasteiger partial charge in [0.1, 0.15) is 11.8 Å². The molecule has 3 aromatic heterocycles. The lowest BCUT2D eigenvalue weighted by Gasteiger charge is -2.33. The number of nitrogens with one attached hydrogen (secondary N) is 1. The summed E-state index contributed by atoms with van der Waals surface area (Å²) in [6, 6.07) is 1.33. The molecular formula is C15H14N4O3S. The Morgan fingerprint density at radius 2 is 2.22 bits per heavy atom. The summed E-state index contributed by atoms with van der Waals surface area (Å²) >= 11 is 1.71. The van der Waals surface area contributed by atoms with E-state index < -0.39 is 0 Å². The molecule has 0 saturated heterocycles. The summed E-state index contributed by atoms with van der Waals surface area (Å²) in [5.74, 6) is 1.32. The van der Waals surface area contributed by atoms with Crippen LogP contribution in [0.15, 0.2) is 33.2 Å². The molecule has 0 aromatic carbocycles. The number of nitrogens with zero attached hydrogens (tertiary/aromatic N) is 3. The molecule has 23 heavy (non-hydrogen) atoms. The van der Waals surface area contributed by atoms with Crippen LogP contribution in [-0.2, 0) is 0 Å². The lowest BCUT2D eigenvalue weighted by atomic mass is 9.83. The fraction of sp³-hybridized carbons (Fsp3) is 0.333. The predicted molar refractivity (Wildman–Crippen MR) is 83.6 cm³/mol. The molecule has 0 amide bonds. The maximum absolute atomic E-state index is 11.0. The van der Waals surface area contributed by atoms with Gasteiger partial charge in [0.2, 0.25) is 5.88 Å². The van der Waals surface area contributed by atoms with E-state index in [-0.39, 0.29) is 11.7 Å². The number of H-pyrrole nitrogens is 1. The van der Waals surface area contributed by atoms with Crippen molar-refractivity contribution in [2.75, 3.05) is 0 Å². The number of aromatic amines is 1. The van der Waals surface area contributed by atoms with Crippen LogP contribution in [0, 0.1) is 6.92 Å². The topological polar surface area (TPSA) is 93.9 Å². The zero-order valence-corrected chi connectivity index (χ0v) is 13.2. The summed E-state index contributed by atoms with van der Waals surface area (Å²) in [5.41, 5.74) is 1.26. The van der Waals surface area contributed by atoms with E-state index in [4.69, 9.17) is 9.26 Å². The van der Waals surface area contributed by atoms with E-state index in [1.165, 1.54) is 17.3 Å². The smallest absolute Gasteiger partial charge is 0.280 e. The van der Waals surface area contributed by atoms with Gasteiger partial charge in [-0.1, -0.05) is 0 Å². The largest absolute Gasteiger partial charge is 0.473 e. The number of aryl methyl sites for hydroxylation is 1. The van der Waals surface area contributed by atoms with Crippen molar-refractivity contribution in [3.63, 3.8) is 0 Å². The van der Waals surface area contributed by atoms with Gasteiger partial charge in [-0.15, -0.1) is 11.3 Å². The van der Waals surface area contributed by atoms with Gasteiger partial charge in [0, 0.05) is 17.0 Å². The summed E-state index contributed by atoms with van der Waals surface area (Å²) in [4.78, 5) is 24.0. The molecule has 1 N–H and O–H groups in total. The molecule has 0 aliphatic heterocycles. The highest BCUT2D eigenvalue weighted by molar-refractivity contribution is 7.09. The minimum Gasteiger partial charge on any atom is -0.473 e. The molecule has 4 rings (SSSR count). The van der Waals surface area contributed by atoms with E-state index in [1.807, 2.05) is 6.92 Å². The standard InChI is InChI=1S/C15H14N4O3S/c1-8-7-23-15(18-8)9-2-10(3-9)21-14-6-16-11(5-17-14)12-4-13(20)19-22-12/h4-7,9-10H,2-3H2,1H3,(H,19,20). The Balaban J connectivity index is 1.36. The molecule has 1 saturated carbocycles. The normalized spacial score (nSPS) is 20.2. The third-order valence-electron chi connectivity index (χ3n) is 3.77. The van der Waals surface area contributed by atoms with Gasteiger partial charge >= 0.3 is 0 Å². The molecule has 0 spiro atoms. The van der Waals surface area contributed by atoms with Crippen molar-refractivity contribution < 1.29 is 9.26 Å². The number of ether oxygens (including phenoxy) is 1. The van der Waals surface area contributed by atoms with Crippen molar-refractivity contribution in [1.82, 2.24) is 20.1 Å². The molecule has 3 aromatic rings. The number of rotatable bonds is 4. The fourth-order valence-electron chi connectivity index (χ4n) is 2.51. The Bertz CT molecular complexity index is 861. The number of thiazole rings is 1. The van der Waals surface area contributed by atoms with Crippen LogP contribution < -0.4 is 10.3 Å². The molecule has 0 radical (unpaired) electrons. The molecule has 8 heteroatoms. The first-order valence-corrected chi connectivity index (χ1v) is 8.15. The van der Waals surface area contributed by atoms with Gasteiger partial charge in [-0.25, -0.2) is 15.0 Å². The fourth-order valence-corrected chi connectivity index (χ4v) is 3.43. The van der Waals surface area contributed by atoms with Gasteiger partial charge < -0.3 is 9.26 Å². The lowest BCUT2D eigenvalue weighted by molar-refractivity contribution is 0.0930. The van der Waals surface area contributed by atoms with Crippen LogP contribution in [0.4, 0.5) is 0 Å². The molecular weight excluding hydrogens is 316 g/mol. The van der Waals surface area contributed by atoms with Crippen LogP contribution in [-0.4, -0.2) is 26.2 Å². The van der Waals surface area contributed by atoms with Crippen molar-refractivity contribution >= 4 is 11.3 Å². The summed E-state index contributed by atoms with van der Waals surface area (Å²) < 4.78 is 10.8. The monoisotopic (exact) mass is 330 g/mol. The molecule has 7 nitrogen and oxygen atoms in total. The second-order valence-electron chi connectivity index (χ2n) is 5.55. The van der Waals surface area contributed by atoms with Crippen LogP contribution in [0.25, 0.3) is 11.5 Å². The Hall–Kier alpha value is -2.48. The van der Waals surface area contributed by atoms with Crippen LogP contribution in [0.2, 0.25) is 0 Å². The van der Waals surface area contributed by atoms with E-state index in [0.717, 1.165) is 18.5 Å². The quantitative estimate of drug-likeness (QED) is 0.790. The van der Waals surface area contributed by atoms with Gasteiger partial charge in [-0.3, -0.25) is 4.79 Å². The molecule has 1 fully saturated rings. The zero-order valence-electron chi connectivity index (χ0n) is 12.4. The van der Waals surface area contributed by atoms with Crippen LogP contribution in [0.3, 0.4) is 0 Å². The predicted octanol–water partition coefficient (Wildman–Crippen LogP) is 2.51. The van der Waals surface area contributed by atoms with Crippen molar-refractivity contribution in [2.45, 2.75) is 31.8 Å². The summed E-state index contributed by atoms with van der Waals surface area (Å²) in [7, 11) is 0. The van der Waals surface area contributed by atoms with E-state index in [0.29, 0.717) is 23.3 Å². The molecule has 0 bridgehead atoms. The molecule has 3 heterocycles. The molecule has 1 aliphatic rings. The van der Waals surface area contributed by atoms with Crippen molar-refractivity contribution in [1.29, 1.82) is 0 Å². The zero-order chi connectivity index (χ0) is 15.8. The van der Waals surface area contributed by atoms with E-state index in [1.54, 1.807) is 17.5 Å². The second kappa shape index (κ2) is 5.62. The summed E-state index contributed by atoms with van der Waals surface area (Å²) in [5, 5.41) is 5.48. The summed E-state index contributed by atoms with van der Waals surface area (Å²) in [6.45, 7) is 2.01. The Labute approximate surface area is 135 Å². The maximum atomic E-state index is 11.0. The van der Waals surface area contributed by atoms with Gasteiger partial charge in [-0.05, 0) is 19.8 Å². The lowest BCUT2D eigenvalue weighted by Crippen LogP contribution is -2.32. The van der Waals surface area contributed by atoms with Crippen LogP contribution in [0.5, 0.6) is 5.88 Å². The minimum absolute atomic E-state index is 0.148. The van der Waals surface area contributed by atoms with E-state index in [9.17, 15) is 4.79 Å². The first kappa shape index (κ1) is 14.1. The first-order chi connectivity index (χ1) is 11.2. The van der Waals surface area contributed by atoms with Crippen LogP contribution in [0.1, 0.15) is 29.5 Å². The van der Waals surface area contributed by atoms with Gasteiger partial charge in [0.15, 0.2) is 5.76 Å². The second-order valence-corrected chi connectivity index (χ2v) is 6.44. The highest BCUT2D eigenvalue weighted by Gasteiger charge is 2.34. The number of hydrogen-bond acceptors (Lipinski definition) is 7. The third-order valence-corrected chi connectivity index (χ3v) is 4.90. The van der Waals surface area contributed by atoms with E-state index in [2.05, 4.69) is 25.5 Å². The highest BCUT2D eigenvalue weighted by Crippen LogP contribution is 2.40. The van der Waals surface area contributed by atoms with Gasteiger partial charge in [0.05, 0.1) is 23.5 Å². The SMILES string of the molecule is Cc1csc(C2CC(Oc3cnc(-c4cc(=O)[nH]o4)cn3)C2)n1. The minimum atomic E-state index is -0.306. The molecule has 0 atom stereocenters. The molecule has 1 aliphatic carbocycles. The van der Waals surface area contributed by atoms with Gasteiger partial charge in [-0.2, -0.15) is 5.16 Å². The average molecular weight is 330 g/mol. The van der Waals surface area contributed by atoms with Crippen molar-refractivity contribution in [3.05, 3.63) is 44.9 Å². The van der Waals surface area contributed by atoms with Crippen molar-refractivity contribution in [3.8, 4) is 17.3 Å². The Morgan fingerprint density at radius 3 is 2.83 bits per heavy atom. The van der Waals surface area contributed by atoms with Crippen molar-refractivity contribution in [2.24, 2.45) is 0 Å². The third kappa shape index (κ3) is 2.89. The number of aromatic nitrogens is 4. The van der Waals surface area contributed by atoms with E-state index >= 15 is 0 Å². The van der Waals surface area contributed by atoms with Crippen LogP contribution >= 0.6 is 11.3 Å². The molecule has 118 valence electrons. The number of hydrogen-bond donors (Lipinski definition) is 1. The highest BCUT2D eigenvalue weighted by atomic mass is 32.1. The first-order valence-electron chi connectivity index (χ1n) is 7.27. The summed E-state index contributed by atoms with van der Waals surface area (Å²) in [6.07, 6.45) is 5.12. The average Bonchev–Trinajstić information content (AvgIpc) is 3.12. The Morgan fingerprint density at radius 1 is 1.35 bits per heavy atom. The maximum Gasteiger partial charge on any atom is 0.280 e. The molecule has 0 unspecified atom stereocenters. The Kier molecular flexibility index (Phi) is 3.45. The van der Waals surface area contributed by atoms with Gasteiger partial charge in [0.25, 0.3) is 5.56 Å².